The number of likely N-dealkylation sites (tertiary alicyclic amines) is 1. The molecule has 0 saturated carbocycles. The molecule has 0 bridgehead atoms. The predicted molar refractivity (Wildman–Crippen MR) is 145 cm³/mol. The number of ether oxygens (including phenoxy) is 1. The van der Waals surface area contributed by atoms with Crippen molar-refractivity contribution in [3.8, 4) is 28.8 Å². The summed E-state index contributed by atoms with van der Waals surface area (Å²) in [5, 5.41) is 14.9. The Labute approximate surface area is 229 Å². The molecule has 1 saturated heterocycles. The number of anilines is 1. The van der Waals surface area contributed by atoms with E-state index in [9.17, 15) is 18.8 Å². The normalized spacial score (nSPS) is 15.6. The Kier molecular flexibility index (Phi) is 7.42. The summed E-state index contributed by atoms with van der Waals surface area (Å²) < 4.78 is 34.8. The van der Waals surface area contributed by atoms with E-state index < -0.39 is 11.6 Å². The van der Waals surface area contributed by atoms with Crippen LogP contribution in [0.4, 0.5) is 14.6 Å². The van der Waals surface area contributed by atoms with Crippen LogP contribution in [0.25, 0.3) is 22.3 Å². The van der Waals surface area contributed by atoms with E-state index in [1.54, 1.807) is 39.9 Å². The number of halogens is 2. The lowest BCUT2D eigenvalue weighted by Gasteiger charge is -2.24. The minimum Gasteiger partial charge on any atom is -0.454 e. The second-order valence-corrected chi connectivity index (χ2v) is 9.90. The highest BCUT2D eigenvalue weighted by molar-refractivity contribution is 5.99. The van der Waals surface area contributed by atoms with Crippen molar-refractivity contribution in [1.82, 2.24) is 24.6 Å². The Morgan fingerprint density at radius 3 is 2.73 bits per heavy atom. The number of hydrogen-bond donors (Lipinski definition) is 1. The van der Waals surface area contributed by atoms with E-state index in [-0.39, 0.29) is 35.0 Å². The van der Waals surface area contributed by atoms with Gasteiger partial charge < -0.3 is 15.4 Å². The van der Waals surface area contributed by atoms with Crippen molar-refractivity contribution in [3.63, 3.8) is 0 Å². The molecule has 1 aliphatic heterocycles. The maximum atomic E-state index is 14.0. The Bertz CT molecular complexity index is 1640. The van der Waals surface area contributed by atoms with E-state index in [1.807, 2.05) is 19.9 Å². The van der Waals surface area contributed by atoms with Crippen molar-refractivity contribution in [2.45, 2.75) is 39.3 Å². The summed E-state index contributed by atoms with van der Waals surface area (Å²) in [6, 6.07) is 12.3. The summed E-state index contributed by atoms with van der Waals surface area (Å²) in [4.78, 5) is 23.5. The third-order valence-electron chi connectivity index (χ3n) is 6.70. The first-order valence-corrected chi connectivity index (χ1v) is 12.9. The summed E-state index contributed by atoms with van der Waals surface area (Å²) in [5.41, 5.74) is 8.11. The van der Waals surface area contributed by atoms with Gasteiger partial charge in [0.2, 0.25) is 5.82 Å². The maximum Gasteiger partial charge on any atom is 0.264 e. The van der Waals surface area contributed by atoms with Gasteiger partial charge in [0.1, 0.15) is 35.2 Å². The van der Waals surface area contributed by atoms with Crippen molar-refractivity contribution in [1.29, 1.82) is 5.26 Å². The lowest BCUT2D eigenvalue weighted by molar-refractivity contribution is -0.127. The number of allylic oxidation sites excluding steroid dienone is 1. The molecular formula is C29H27F2N7O2. The zero-order valence-corrected chi connectivity index (χ0v) is 22.0. The van der Waals surface area contributed by atoms with Gasteiger partial charge in [-0.15, -0.1) is 0 Å². The summed E-state index contributed by atoms with van der Waals surface area (Å²) in [6.45, 7) is 4.76. The van der Waals surface area contributed by atoms with E-state index in [1.165, 1.54) is 18.5 Å². The van der Waals surface area contributed by atoms with Gasteiger partial charge in [-0.1, -0.05) is 26.0 Å². The second kappa shape index (κ2) is 11.1. The molecular weight excluding hydrogens is 516 g/mol. The van der Waals surface area contributed by atoms with Crippen LogP contribution < -0.4 is 10.5 Å². The van der Waals surface area contributed by atoms with Gasteiger partial charge in [0.05, 0.1) is 18.0 Å². The molecule has 0 spiro atoms. The van der Waals surface area contributed by atoms with Crippen molar-refractivity contribution < 1.29 is 18.3 Å². The first-order valence-electron chi connectivity index (χ1n) is 12.9. The Balaban J connectivity index is 1.44. The lowest BCUT2D eigenvalue weighted by atomic mass is 10.1. The highest BCUT2D eigenvalue weighted by Gasteiger charge is 2.32. The van der Waals surface area contributed by atoms with E-state index in [4.69, 9.17) is 15.6 Å². The quantitative estimate of drug-likeness (QED) is 0.250. The summed E-state index contributed by atoms with van der Waals surface area (Å²) >= 11 is 0. The molecule has 0 aliphatic carbocycles. The van der Waals surface area contributed by atoms with Gasteiger partial charge in [-0.25, -0.2) is 19.0 Å². The van der Waals surface area contributed by atoms with Gasteiger partial charge in [-0.05, 0) is 55.2 Å². The van der Waals surface area contributed by atoms with Gasteiger partial charge in [0.25, 0.3) is 5.91 Å². The Morgan fingerprint density at radius 2 is 2.00 bits per heavy atom. The molecule has 1 amide bonds. The maximum absolute atomic E-state index is 14.0. The van der Waals surface area contributed by atoms with Crippen LogP contribution >= 0.6 is 0 Å². The van der Waals surface area contributed by atoms with E-state index in [2.05, 4.69) is 9.97 Å². The van der Waals surface area contributed by atoms with Crippen molar-refractivity contribution in [3.05, 3.63) is 72.1 Å². The van der Waals surface area contributed by atoms with E-state index >= 15 is 0 Å². The van der Waals surface area contributed by atoms with Crippen LogP contribution in [0.15, 0.2) is 60.4 Å². The van der Waals surface area contributed by atoms with Crippen LogP contribution in [0.2, 0.25) is 0 Å². The fraction of sp³-hybridized carbons (Fsp3) is 0.276. The number of fused-ring (bicyclic) bond motifs is 1. The number of amides is 1. The molecule has 1 aliphatic rings. The minimum absolute atomic E-state index is 0.0709. The number of nitrogens with two attached hydrogens (primary N) is 1. The molecule has 40 heavy (non-hydrogen) atoms. The van der Waals surface area contributed by atoms with Gasteiger partial charge in [0.15, 0.2) is 17.2 Å². The molecule has 0 radical (unpaired) electrons. The molecule has 4 aromatic rings. The van der Waals surface area contributed by atoms with Crippen LogP contribution in [-0.4, -0.2) is 43.1 Å². The van der Waals surface area contributed by atoms with Gasteiger partial charge >= 0.3 is 0 Å². The number of hydrogen-bond acceptors (Lipinski definition) is 7. The molecule has 9 nitrogen and oxygen atoms in total. The van der Waals surface area contributed by atoms with Crippen molar-refractivity contribution in [2.24, 2.45) is 5.92 Å². The third kappa shape index (κ3) is 5.20. The number of carbonyl (C=O) groups is 1. The van der Waals surface area contributed by atoms with Crippen molar-refractivity contribution >= 4 is 22.8 Å². The zero-order valence-electron chi connectivity index (χ0n) is 22.0. The number of benzene rings is 2. The topological polar surface area (TPSA) is 123 Å². The van der Waals surface area contributed by atoms with Gasteiger partial charge in [-0.2, -0.15) is 14.8 Å². The first kappa shape index (κ1) is 26.7. The molecule has 1 atom stereocenters. The van der Waals surface area contributed by atoms with Crippen molar-refractivity contribution in [2.75, 3.05) is 12.3 Å². The zero-order chi connectivity index (χ0) is 28.4. The molecule has 3 heterocycles. The molecule has 1 unspecified atom stereocenters. The minimum atomic E-state index is -1.07. The highest BCUT2D eigenvalue weighted by atomic mass is 19.2. The summed E-state index contributed by atoms with van der Waals surface area (Å²) in [5.74, 6) is -1.94. The number of rotatable bonds is 7. The fourth-order valence-corrected chi connectivity index (χ4v) is 4.87. The smallest absolute Gasteiger partial charge is 0.264 e. The van der Waals surface area contributed by atoms with Crippen LogP contribution in [0.5, 0.6) is 11.5 Å². The summed E-state index contributed by atoms with van der Waals surface area (Å²) in [7, 11) is 0. The number of carbonyl (C=O) groups excluding carboxylic acids is 1. The van der Waals surface area contributed by atoms with Crippen LogP contribution in [0, 0.1) is 28.9 Å². The predicted octanol–water partition coefficient (Wildman–Crippen LogP) is 5.24. The molecule has 204 valence electrons. The molecule has 1 fully saturated rings. The first-order chi connectivity index (χ1) is 19.3. The van der Waals surface area contributed by atoms with Crippen LogP contribution in [0.1, 0.15) is 26.7 Å². The van der Waals surface area contributed by atoms with Crippen LogP contribution in [-0.2, 0) is 11.3 Å². The molecule has 5 rings (SSSR count). The average Bonchev–Trinajstić information content (AvgIpc) is 3.56. The number of aromatic nitrogens is 4. The monoisotopic (exact) mass is 543 g/mol. The van der Waals surface area contributed by atoms with E-state index in [0.29, 0.717) is 41.1 Å². The average molecular weight is 544 g/mol. The summed E-state index contributed by atoms with van der Waals surface area (Å²) in [6.07, 6.45) is 4.61. The number of nitrogens with zero attached hydrogens (tertiary/aromatic N) is 6. The second-order valence-electron chi connectivity index (χ2n) is 9.90. The Morgan fingerprint density at radius 1 is 1.23 bits per heavy atom. The number of nitriles is 1. The molecule has 2 aromatic carbocycles. The third-order valence-corrected chi connectivity index (χ3v) is 6.70. The largest absolute Gasteiger partial charge is 0.454 e. The van der Waals surface area contributed by atoms with Gasteiger partial charge in [0, 0.05) is 12.1 Å². The Hall–Kier alpha value is -4.85. The van der Waals surface area contributed by atoms with E-state index in [0.717, 1.165) is 18.9 Å². The molecule has 2 aromatic heterocycles. The molecule has 2 N–H and O–H groups in total. The lowest BCUT2D eigenvalue weighted by Crippen LogP contribution is -2.39. The number of nitrogen functional groups attached to an aromatic ring is 1. The standard InChI is InChI=1S/C29H27F2N7O2/c1-17(2)13-19(14-32)29(39)37-12-4-5-20(37)15-38-28-24(27(33)34-16-35-28)26(36-38)18-8-10-21(11-9-18)40-23-7-3-6-22(30)25(23)31/h3,6-11,13,16-17,20H,4-5,12,15H2,1-2H3,(H2,33,34,35). The van der Waals surface area contributed by atoms with Gasteiger partial charge in [-0.3, -0.25) is 4.79 Å². The fourth-order valence-electron chi connectivity index (χ4n) is 4.87. The highest BCUT2D eigenvalue weighted by Crippen LogP contribution is 2.33. The van der Waals surface area contributed by atoms with Crippen LogP contribution in [0.3, 0.4) is 0 Å². The molecule has 11 heteroatoms. The SMILES string of the molecule is CC(C)C=C(C#N)C(=O)N1CCCC1Cn1nc(-c2ccc(Oc3cccc(F)c3F)cc2)c2c(N)ncnc21.